The van der Waals surface area contributed by atoms with Crippen LogP contribution in [0.1, 0.15) is 27.2 Å². The number of benzene rings is 2. The Morgan fingerprint density at radius 1 is 1.02 bits per heavy atom. The van der Waals surface area contributed by atoms with E-state index in [4.69, 9.17) is 0 Å². The van der Waals surface area contributed by atoms with Gasteiger partial charge in [0.25, 0.3) is 0 Å². The normalized spacial score (nSPS) is 21.9. The number of Topliss-reactive ketones (excluding diaryl/α,β-unsaturated/α-hetero) is 1. The predicted octanol–water partition coefficient (Wildman–Crippen LogP) is 5.46. The highest BCUT2D eigenvalue weighted by Gasteiger charge is 2.50. The number of halogens is 2. The first-order chi connectivity index (χ1) is 19.2. The summed E-state index contributed by atoms with van der Waals surface area (Å²) in [5.41, 5.74) is 1.35. The second-order valence-corrected chi connectivity index (χ2v) is 12.0. The number of likely N-dealkylation sites (tertiary alicyclic amines) is 1. The van der Waals surface area contributed by atoms with Crippen LogP contribution < -0.4 is 5.32 Å². The number of pyridine rings is 1. The van der Waals surface area contributed by atoms with E-state index in [-0.39, 0.29) is 29.5 Å². The number of amides is 2. The Morgan fingerprint density at radius 2 is 1.70 bits per heavy atom. The maximum atomic E-state index is 13.8. The number of carbonyl (C=O) groups excluding carboxylic acids is 2. The second kappa shape index (κ2) is 10.2. The van der Waals surface area contributed by atoms with Crippen LogP contribution in [-0.2, 0) is 5.54 Å². The van der Waals surface area contributed by atoms with E-state index in [2.05, 4.69) is 17.3 Å². The Labute approximate surface area is 235 Å². The zero-order chi connectivity index (χ0) is 27.9. The first-order valence-electron chi connectivity index (χ1n) is 13.2. The van der Waals surface area contributed by atoms with Crippen LogP contribution >= 0.6 is 11.3 Å². The quantitative estimate of drug-likeness (QED) is 0.242. The van der Waals surface area contributed by atoms with Crippen LogP contribution in [-0.4, -0.2) is 65.4 Å². The van der Waals surface area contributed by atoms with Gasteiger partial charge in [-0.2, -0.15) is 0 Å². The summed E-state index contributed by atoms with van der Waals surface area (Å²) in [5, 5.41) is 3.14. The zero-order valence-corrected chi connectivity index (χ0v) is 22.8. The maximum Gasteiger partial charge on any atom is 0.319 e. The molecule has 2 fully saturated rings. The summed E-state index contributed by atoms with van der Waals surface area (Å²) in [6, 6.07) is 21.3. The topological polar surface area (TPSA) is 62.3 Å². The lowest BCUT2D eigenvalue weighted by Gasteiger charge is -2.32. The molecule has 2 amide bonds. The summed E-state index contributed by atoms with van der Waals surface area (Å²) >= 11 is 1.45. The van der Waals surface area contributed by atoms with Crippen molar-refractivity contribution < 1.29 is 22.9 Å². The van der Waals surface area contributed by atoms with Crippen LogP contribution in [0.25, 0.3) is 10.6 Å². The number of quaternary nitrogens is 1. The molecule has 2 aliphatic rings. The van der Waals surface area contributed by atoms with E-state index in [1.807, 2.05) is 35.2 Å². The van der Waals surface area contributed by atoms with Crippen molar-refractivity contribution in [3.63, 3.8) is 0 Å². The average Bonchev–Trinajstić information content (AvgIpc) is 3.68. The lowest BCUT2D eigenvalue weighted by molar-refractivity contribution is -0.890. The third kappa shape index (κ3) is 4.91. The van der Waals surface area contributed by atoms with Gasteiger partial charge in [-0.05, 0) is 59.7 Å². The Bertz CT molecular complexity index is 1500. The molecule has 2 atom stereocenters. The number of likely N-dealkylation sites (N-methyl/N-ethyl adjacent to an activating group) is 1. The van der Waals surface area contributed by atoms with Gasteiger partial charge in [0.1, 0.15) is 23.7 Å². The number of thiophene rings is 1. The monoisotopic (exact) mass is 559 g/mol. The van der Waals surface area contributed by atoms with Gasteiger partial charge in [-0.25, -0.2) is 13.6 Å². The molecule has 0 saturated carbocycles. The molecule has 2 aromatic carbocycles. The SMILES string of the molecule is C[N+]1(CC(=O)c2ccc(-c3ccccn3)s2)CC[C@@H](N2CC(c3ccc(F)cc3)(c3ccc(F)cc3)NC2=O)C1. The molecule has 0 radical (unpaired) electrons. The summed E-state index contributed by atoms with van der Waals surface area (Å²) in [5.74, 6) is -0.663. The third-order valence-corrected chi connectivity index (χ3v) is 9.23. The van der Waals surface area contributed by atoms with Gasteiger partial charge in [-0.3, -0.25) is 9.78 Å². The van der Waals surface area contributed by atoms with Crippen molar-refractivity contribution in [3.05, 3.63) is 113 Å². The molecular formula is C31H29F2N4O2S+. The minimum atomic E-state index is -0.945. The molecule has 2 saturated heterocycles. The van der Waals surface area contributed by atoms with Gasteiger partial charge < -0.3 is 14.7 Å². The molecule has 4 aromatic rings. The van der Waals surface area contributed by atoms with E-state index in [1.54, 1.807) is 30.5 Å². The Kier molecular flexibility index (Phi) is 6.72. The molecule has 6 rings (SSSR count). The number of ketones is 1. The molecule has 1 unspecified atom stereocenters. The van der Waals surface area contributed by atoms with Gasteiger partial charge in [-0.1, -0.05) is 30.3 Å². The van der Waals surface area contributed by atoms with Gasteiger partial charge in [0, 0.05) is 12.6 Å². The van der Waals surface area contributed by atoms with Gasteiger partial charge in [0.05, 0.1) is 48.2 Å². The predicted molar refractivity (Wildman–Crippen MR) is 150 cm³/mol. The van der Waals surface area contributed by atoms with Crippen LogP contribution in [0.2, 0.25) is 0 Å². The van der Waals surface area contributed by atoms with E-state index in [1.165, 1.54) is 35.6 Å². The fourth-order valence-electron chi connectivity index (χ4n) is 5.99. The summed E-state index contributed by atoms with van der Waals surface area (Å²) in [6.45, 7) is 2.06. The minimum Gasteiger partial charge on any atom is -0.323 e. The molecule has 2 aromatic heterocycles. The van der Waals surface area contributed by atoms with Crippen LogP contribution in [0.5, 0.6) is 0 Å². The van der Waals surface area contributed by atoms with Crippen LogP contribution in [0.4, 0.5) is 13.6 Å². The number of rotatable bonds is 7. The average molecular weight is 560 g/mol. The lowest BCUT2D eigenvalue weighted by atomic mass is 9.83. The molecule has 2 aliphatic heterocycles. The summed E-state index contributed by atoms with van der Waals surface area (Å²) in [7, 11) is 2.06. The van der Waals surface area contributed by atoms with E-state index < -0.39 is 5.54 Å². The standard InChI is InChI=1S/C31H28F2N4O2S/c1-37(19-27(38)29-14-13-28(40-29)26-4-2-3-16-34-26)17-15-25(18-37)36-20-31(35-30(36)39,21-5-9-23(32)10-6-21)22-7-11-24(33)12-8-22/h2-14,16,25H,15,17-20H2,1H3/p+1/t25-,37?/m1/s1. The first-order valence-corrected chi connectivity index (χ1v) is 14.1. The van der Waals surface area contributed by atoms with E-state index in [9.17, 15) is 18.4 Å². The zero-order valence-electron chi connectivity index (χ0n) is 22.0. The van der Waals surface area contributed by atoms with Gasteiger partial charge in [0.2, 0.25) is 5.78 Å². The van der Waals surface area contributed by atoms with E-state index >= 15 is 0 Å². The minimum absolute atomic E-state index is 0.0759. The van der Waals surface area contributed by atoms with Crippen molar-refractivity contribution in [1.82, 2.24) is 15.2 Å². The molecule has 0 bridgehead atoms. The highest BCUT2D eigenvalue weighted by molar-refractivity contribution is 7.17. The molecule has 40 heavy (non-hydrogen) atoms. The fourth-order valence-corrected chi connectivity index (χ4v) is 6.90. The van der Waals surface area contributed by atoms with Crippen LogP contribution in [0, 0.1) is 11.6 Å². The van der Waals surface area contributed by atoms with Gasteiger partial charge >= 0.3 is 6.03 Å². The lowest BCUT2D eigenvalue weighted by Crippen LogP contribution is -2.49. The Balaban J connectivity index is 1.20. The molecule has 204 valence electrons. The number of aromatic nitrogens is 1. The molecule has 0 spiro atoms. The first kappa shape index (κ1) is 26.3. The summed E-state index contributed by atoms with van der Waals surface area (Å²) in [6.07, 6.45) is 2.49. The van der Waals surface area contributed by atoms with Gasteiger partial charge in [0.15, 0.2) is 0 Å². The molecule has 1 N–H and O–H groups in total. The molecule has 9 heteroatoms. The van der Waals surface area contributed by atoms with Crippen molar-refractivity contribution in [2.75, 3.05) is 33.2 Å². The van der Waals surface area contributed by atoms with Crippen molar-refractivity contribution in [2.24, 2.45) is 0 Å². The number of nitrogens with one attached hydrogen (secondary N) is 1. The summed E-state index contributed by atoms with van der Waals surface area (Å²) < 4.78 is 28.1. The van der Waals surface area contributed by atoms with Crippen molar-refractivity contribution in [1.29, 1.82) is 0 Å². The smallest absolute Gasteiger partial charge is 0.319 e. The Morgan fingerprint density at radius 3 is 2.33 bits per heavy atom. The number of carbonyl (C=O) groups is 2. The fraction of sp³-hybridized carbons (Fsp3) is 0.258. The third-order valence-electron chi connectivity index (χ3n) is 8.08. The second-order valence-electron chi connectivity index (χ2n) is 10.9. The largest absolute Gasteiger partial charge is 0.323 e. The van der Waals surface area contributed by atoms with E-state index in [0.29, 0.717) is 29.0 Å². The molecule has 0 aliphatic carbocycles. The number of urea groups is 1. The highest BCUT2D eigenvalue weighted by Crippen LogP contribution is 2.38. The number of hydrogen-bond donors (Lipinski definition) is 1. The molecule has 6 nitrogen and oxygen atoms in total. The maximum absolute atomic E-state index is 13.8. The number of nitrogens with zero attached hydrogens (tertiary/aromatic N) is 3. The van der Waals surface area contributed by atoms with Crippen molar-refractivity contribution in [3.8, 4) is 10.6 Å². The van der Waals surface area contributed by atoms with Crippen LogP contribution in [0.15, 0.2) is 85.1 Å². The number of hydrogen-bond acceptors (Lipinski definition) is 4. The highest BCUT2D eigenvalue weighted by atomic mass is 32.1. The molecule has 4 heterocycles. The van der Waals surface area contributed by atoms with Crippen molar-refractivity contribution in [2.45, 2.75) is 18.0 Å². The summed E-state index contributed by atoms with van der Waals surface area (Å²) in [4.78, 5) is 34.6. The van der Waals surface area contributed by atoms with E-state index in [0.717, 1.165) is 34.7 Å². The Hall–Kier alpha value is -3.95. The van der Waals surface area contributed by atoms with Crippen molar-refractivity contribution >= 4 is 23.2 Å². The van der Waals surface area contributed by atoms with Gasteiger partial charge in [-0.15, -0.1) is 11.3 Å². The van der Waals surface area contributed by atoms with Crippen LogP contribution in [0.3, 0.4) is 0 Å². The molecular weight excluding hydrogens is 530 g/mol.